The molecule has 0 bridgehead atoms. The third-order valence-electron chi connectivity index (χ3n) is 5.18. The number of hydrogen-bond acceptors (Lipinski definition) is 4. The van der Waals surface area contributed by atoms with Crippen LogP contribution in [-0.2, 0) is 13.1 Å². The van der Waals surface area contributed by atoms with Crippen molar-refractivity contribution in [2.75, 3.05) is 10.6 Å². The van der Waals surface area contributed by atoms with Gasteiger partial charge in [-0.1, -0.05) is 48.5 Å². The van der Waals surface area contributed by atoms with Crippen LogP contribution in [0.5, 0.6) is 0 Å². The molecule has 0 amide bonds. The van der Waals surface area contributed by atoms with Crippen molar-refractivity contribution in [1.82, 2.24) is 0 Å². The fourth-order valence-electron chi connectivity index (χ4n) is 3.57. The van der Waals surface area contributed by atoms with Gasteiger partial charge < -0.3 is 22.1 Å². The summed E-state index contributed by atoms with van der Waals surface area (Å²) in [5, 5.41) is 0. The zero-order valence-electron chi connectivity index (χ0n) is 16.8. The van der Waals surface area contributed by atoms with Gasteiger partial charge in [-0.05, 0) is 70.8 Å². The molecule has 0 radical (unpaired) electrons. The summed E-state index contributed by atoms with van der Waals surface area (Å²) in [4.78, 5) is 2.23. The maximum atomic E-state index is 5.89. The van der Waals surface area contributed by atoms with Gasteiger partial charge in [-0.2, -0.15) is 0 Å². The molecule has 4 nitrogen and oxygen atoms in total. The predicted molar refractivity (Wildman–Crippen MR) is 127 cm³/mol. The fourth-order valence-corrected chi connectivity index (χ4v) is 3.57. The van der Waals surface area contributed by atoms with Crippen molar-refractivity contribution in [2.24, 2.45) is 11.5 Å². The molecule has 30 heavy (non-hydrogen) atoms. The highest BCUT2D eigenvalue weighted by atomic mass is 15.1. The van der Waals surface area contributed by atoms with E-state index in [1.54, 1.807) is 0 Å². The first-order chi connectivity index (χ1) is 14.7. The molecule has 0 aliphatic rings. The van der Waals surface area contributed by atoms with Crippen LogP contribution < -0.4 is 22.1 Å². The molecule has 4 rings (SSSR count). The quantitative estimate of drug-likeness (QED) is 0.386. The second kappa shape index (κ2) is 8.82. The van der Waals surface area contributed by atoms with Crippen molar-refractivity contribution in [2.45, 2.75) is 13.1 Å². The lowest BCUT2D eigenvalue weighted by Gasteiger charge is -2.26. The minimum absolute atomic E-state index is 0.501. The van der Waals surface area contributed by atoms with Crippen LogP contribution in [-0.4, -0.2) is 0 Å². The molecule has 0 atom stereocenters. The molecule has 4 aromatic carbocycles. The summed E-state index contributed by atoms with van der Waals surface area (Å²) in [6.45, 7) is 1.00. The van der Waals surface area contributed by atoms with E-state index >= 15 is 0 Å². The lowest BCUT2D eigenvalue weighted by atomic mass is 10.0. The molecule has 6 N–H and O–H groups in total. The first-order valence-corrected chi connectivity index (χ1v) is 10.0. The molecule has 0 spiro atoms. The number of benzene rings is 4. The lowest BCUT2D eigenvalue weighted by Crippen LogP contribution is -2.11. The Morgan fingerprint density at radius 2 is 1.00 bits per heavy atom. The van der Waals surface area contributed by atoms with Gasteiger partial charge >= 0.3 is 0 Å². The minimum atomic E-state index is 0.501. The number of anilines is 4. The molecule has 0 heterocycles. The van der Waals surface area contributed by atoms with Crippen LogP contribution in [0.15, 0.2) is 97.1 Å². The standard InChI is InChI=1S/C26H26N4/c27-17-19-3-1-5-25(15-19)30(26-6-2-4-20(16-26)18-28)24-13-9-22(10-14-24)21-7-11-23(29)12-8-21/h1-16H,17-18,27-29H2. The largest absolute Gasteiger partial charge is 0.399 e. The molecule has 4 aromatic rings. The topological polar surface area (TPSA) is 81.3 Å². The van der Waals surface area contributed by atoms with E-state index < -0.39 is 0 Å². The van der Waals surface area contributed by atoms with Gasteiger partial charge in [0, 0.05) is 35.8 Å². The van der Waals surface area contributed by atoms with Crippen LogP contribution in [0.4, 0.5) is 22.7 Å². The van der Waals surface area contributed by atoms with Gasteiger partial charge in [-0.25, -0.2) is 0 Å². The van der Waals surface area contributed by atoms with Gasteiger partial charge in [0.05, 0.1) is 0 Å². The van der Waals surface area contributed by atoms with Gasteiger partial charge in [0.15, 0.2) is 0 Å². The normalized spacial score (nSPS) is 10.7. The van der Waals surface area contributed by atoms with E-state index in [2.05, 4.69) is 53.4 Å². The van der Waals surface area contributed by atoms with Crippen molar-refractivity contribution < 1.29 is 0 Å². The van der Waals surface area contributed by atoms with E-state index in [4.69, 9.17) is 17.2 Å². The average molecular weight is 395 g/mol. The zero-order chi connectivity index (χ0) is 20.9. The Labute approximate surface area is 177 Å². The smallest absolute Gasteiger partial charge is 0.0464 e. The highest BCUT2D eigenvalue weighted by Crippen LogP contribution is 2.36. The van der Waals surface area contributed by atoms with Gasteiger partial charge in [0.2, 0.25) is 0 Å². The van der Waals surface area contributed by atoms with Crippen molar-refractivity contribution in [3.63, 3.8) is 0 Å². The highest BCUT2D eigenvalue weighted by Gasteiger charge is 2.13. The van der Waals surface area contributed by atoms with E-state index in [0.29, 0.717) is 13.1 Å². The number of nitrogens with two attached hydrogens (primary N) is 3. The Bertz CT molecular complexity index is 1070. The second-order valence-corrected chi connectivity index (χ2v) is 7.25. The molecule has 0 unspecified atom stereocenters. The second-order valence-electron chi connectivity index (χ2n) is 7.25. The molecule has 0 aliphatic carbocycles. The van der Waals surface area contributed by atoms with Gasteiger partial charge in [-0.15, -0.1) is 0 Å². The molecule has 0 saturated carbocycles. The maximum absolute atomic E-state index is 5.89. The van der Waals surface area contributed by atoms with Crippen molar-refractivity contribution in [1.29, 1.82) is 0 Å². The van der Waals surface area contributed by atoms with Crippen LogP contribution in [0.1, 0.15) is 11.1 Å². The molecular weight excluding hydrogens is 368 g/mol. The van der Waals surface area contributed by atoms with E-state index in [1.165, 1.54) is 0 Å². The van der Waals surface area contributed by atoms with Crippen molar-refractivity contribution >= 4 is 22.7 Å². The Kier molecular flexibility index (Phi) is 5.80. The van der Waals surface area contributed by atoms with Crippen molar-refractivity contribution in [3.8, 4) is 11.1 Å². The Hall–Kier alpha value is -3.60. The van der Waals surface area contributed by atoms with Gasteiger partial charge in [0.1, 0.15) is 0 Å². The SMILES string of the molecule is NCc1cccc(N(c2ccc(-c3ccc(N)cc3)cc2)c2cccc(CN)c2)c1. The van der Waals surface area contributed by atoms with E-state index in [0.717, 1.165) is 45.0 Å². The number of nitrogen functional groups attached to an aromatic ring is 1. The summed E-state index contributed by atoms with van der Waals surface area (Å²) < 4.78 is 0. The molecule has 0 saturated heterocycles. The Morgan fingerprint density at radius 3 is 1.47 bits per heavy atom. The van der Waals surface area contributed by atoms with Crippen LogP contribution in [0, 0.1) is 0 Å². The van der Waals surface area contributed by atoms with E-state index in [1.807, 2.05) is 48.5 Å². The number of rotatable bonds is 6. The van der Waals surface area contributed by atoms with Gasteiger partial charge in [0.25, 0.3) is 0 Å². The summed E-state index contributed by atoms with van der Waals surface area (Å²) in [5.74, 6) is 0. The van der Waals surface area contributed by atoms with E-state index in [-0.39, 0.29) is 0 Å². The molecular formula is C26H26N4. The number of nitrogens with zero attached hydrogens (tertiary/aromatic N) is 1. The van der Waals surface area contributed by atoms with Gasteiger partial charge in [-0.3, -0.25) is 0 Å². The van der Waals surface area contributed by atoms with Crippen LogP contribution in [0.3, 0.4) is 0 Å². The first-order valence-electron chi connectivity index (χ1n) is 10.0. The minimum Gasteiger partial charge on any atom is -0.399 e. The predicted octanol–water partition coefficient (Wildman–Crippen LogP) is 5.32. The summed E-state index contributed by atoms with van der Waals surface area (Å²) in [6.07, 6.45) is 0. The van der Waals surface area contributed by atoms with Crippen LogP contribution >= 0.6 is 0 Å². The molecule has 0 aromatic heterocycles. The highest BCUT2D eigenvalue weighted by molar-refractivity contribution is 5.79. The van der Waals surface area contributed by atoms with Crippen molar-refractivity contribution in [3.05, 3.63) is 108 Å². The maximum Gasteiger partial charge on any atom is 0.0464 e. The fraction of sp³-hybridized carbons (Fsp3) is 0.0769. The number of hydrogen-bond donors (Lipinski definition) is 3. The molecule has 150 valence electrons. The van der Waals surface area contributed by atoms with Crippen LogP contribution in [0.25, 0.3) is 11.1 Å². The van der Waals surface area contributed by atoms with Crippen LogP contribution in [0.2, 0.25) is 0 Å². The Balaban J connectivity index is 1.77. The summed E-state index contributed by atoms with van der Waals surface area (Å²) in [5.41, 5.74) is 26.0. The molecule has 0 aliphatic heterocycles. The zero-order valence-corrected chi connectivity index (χ0v) is 16.8. The monoisotopic (exact) mass is 394 g/mol. The Morgan fingerprint density at radius 1 is 0.533 bits per heavy atom. The summed E-state index contributed by atoms with van der Waals surface area (Å²) in [7, 11) is 0. The third kappa shape index (κ3) is 4.20. The molecule has 4 heteroatoms. The summed E-state index contributed by atoms with van der Waals surface area (Å²) in [6, 6.07) is 33.1. The molecule has 0 fully saturated rings. The first kappa shape index (κ1) is 19.7. The van der Waals surface area contributed by atoms with E-state index in [9.17, 15) is 0 Å². The lowest BCUT2D eigenvalue weighted by molar-refractivity contribution is 1.06. The summed E-state index contributed by atoms with van der Waals surface area (Å²) >= 11 is 0. The third-order valence-corrected chi connectivity index (χ3v) is 5.18. The average Bonchev–Trinajstić information content (AvgIpc) is 2.80.